The third-order valence-electron chi connectivity index (χ3n) is 2.14. The molecule has 0 fully saturated rings. The predicted molar refractivity (Wildman–Crippen MR) is 54.7 cm³/mol. The lowest BCUT2D eigenvalue weighted by Crippen LogP contribution is -2.21. The van der Waals surface area contributed by atoms with Gasteiger partial charge in [0.1, 0.15) is 0 Å². The molecule has 1 rings (SSSR count). The molecule has 0 aliphatic carbocycles. The van der Waals surface area contributed by atoms with Crippen molar-refractivity contribution in [1.29, 1.82) is 0 Å². The quantitative estimate of drug-likeness (QED) is 0.736. The zero-order valence-electron chi connectivity index (χ0n) is 8.25. The number of rotatable bonds is 4. The van der Waals surface area contributed by atoms with Crippen LogP contribution in [-0.4, -0.2) is 18.2 Å². The fourth-order valence-corrected chi connectivity index (χ4v) is 1.35. The Balaban J connectivity index is 2.65. The van der Waals surface area contributed by atoms with Crippen molar-refractivity contribution in [3.05, 3.63) is 35.4 Å². The average Bonchev–Trinajstić information content (AvgIpc) is 2.15. The lowest BCUT2D eigenvalue weighted by atomic mass is 10.0. The highest BCUT2D eigenvalue weighted by molar-refractivity contribution is 5.27. The van der Waals surface area contributed by atoms with Gasteiger partial charge in [-0.3, -0.25) is 0 Å². The van der Waals surface area contributed by atoms with Crippen LogP contribution in [-0.2, 0) is 0 Å². The summed E-state index contributed by atoms with van der Waals surface area (Å²) in [5.41, 5.74) is 2.16. The maximum absolute atomic E-state index is 9.77. The molecule has 0 amide bonds. The summed E-state index contributed by atoms with van der Waals surface area (Å²) in [7, 11) is 0. The zero-order valence-corrected chi connectivity index (χ0v) is 8.25. The van der Waals surface area contributed by atoms with Crippen LogP contribution in [0.1, 0.15) is 24.2 Å². The summed E-state index contributed by atoms with van der Waals surface area (Å²) in [4.78, 5) is 0. The Bertz CT molecular complexity index is 260. The number of aliphatic hydroxyl groups is 1. The van der Waals surface area contributed by atoms with Gasteiger partial charge in [-0.2, -0.15) is 0 Å². The number of nitrogens with one attached hydrogen (secondary N) is 1. The summed E-state index contributed by atoms with van der Waals surface area (Å²) in [5, 5.41) is 12.9. The number of aliphatic hydroxyl groups excluding tert-OH is 1. The van der Waals surface area contributed by atoms with Crippen LogP contribution in [0.2, 0.25) is 0 Å². The SMILES string of the molecule is CCNCC(O)c1ccccc1C. The van der Waals surface area contributed by atoms with Gasteiger partial charge >= 0.3 is 0 Å². The first-order chi connectivity index (χ1) is 6.25. The van der Waals surface area contributed by atoms with Crippen molar-refractivity contribution >= 4 is 0 Å². The van der Waals surface area contributed by atoms with Crippen LogP contribution in [0, 0.1) is 6.92 Å². The molecular formula is C11H17NO. The summed E-state index contributed by atoms with van der Waals surface area (Å²) in [6.45, 7) is 5.57. The Kier molecular flexibility index (Phi) is 3.93. The highest BCUT2D eigenvalue weighted by atomic mass is 16.3. The molecule has 0 radical (unpaired) electrons. The van der Waals surface area contributed by atoms with Crippen molar-refractivity contribution in [3.8, 4) is 0 Å². The standard InChI is InChI=1S/C11H17NO/c1-3-12-8-11(13)10-7-5-4-6-9(10)2/h4-7,11-13H,3,8H2,1-2H3. The first kappa shape index (κ1) is 10.2. The molecular weight excluding hydrogens is 162 g/mol. The second-order valence-electron chi connectivity index (χ2n) is 3.18. The molecule has 0 saturated heterocycles. The minimum atomic E-state index is -0.388. The van der Waals surface area contributed by atoms with Crippen molar-refractivity contribution in [1.82, 2.24) is 5.32 Å². The van der Waals surface area contributed by atoms with Gasteiger partial charge in [-0.1, -0.05) is 31.2 Å². The van der Waals surface area contributed by atoms with Crippen LogP contribution in [0.5, 0.6) is 0 Å². The Hall–Kier alpha value is -0.860. The van der Waals surface area contributed by atoms with Gasteiger partial charge in [0.25, 0.3) is 0 Å². The number of aryl methyl sites for hydroxylation is 1. The first-order valence-corrected chi connectivity index (χ1v) is 4.70. The molecule has 2 heteroatoms. The van der Waals surface area contributed by atoms with Crippen LogP contribution in [0.3, 0.4) is 0 Å². The number of hydrogen-bond donors (Lipinski definition) is 2. The summed E-state index contributed by atoms with van der Waals surface area (Å²) in [6.07, 6.45) is -0.388. The lowest BCUT2D eigenvalue weighted by molar-refractivity contribution is 0.175. The van der Waals surface area contributed by atoms with E-state index in [0.29, 0.717) is 6.54 Å². The Morgan fingerprint density at radius 2 is 2.08 bits per heavy atom. The van der Waals surface area contributed by atoms with E-state index in [2.05, 4.69) is 5.32 Å². The molecule has 1 atom stereocenters. The van der Waals surface area contributed by atoms with Crippen LogP contribution in [0.15, 0.2) is 24.3 Å². The summed E-state index contributed by atoms with van der Waals surface area (Å²) < 4.78 is 0. The molecule has 2 N–H and O–H groups in total. The molecule has 0 aliphatic heterocycles. The number of likely N-dealkylation sites (N-methyl/N-ethyl adjacent to an activating group) is 1. The normalized spacial score (nSPS) is 12.8. The minimum absolute atomic E-state index is 0.388. The van der Waals surface area contributed by atoms with Crippen LogP contribution < -0.4 is 5.32 Å². The van der Waals surface area contributed by atoms with E-state index >= 15 is 0 Å². The molecule has 1 unspecified atom stereocenters. The smallest absolute Gasteiger partial charge is 0.0916 e. The van der Waals surface area contributed by atoms with Gasteiger partial charge in [-0.25, -0.2) is 0 Å². The van der Waals surface area contributed by atoms with Crippen molar-refractivity contribution in [2.75, 3.05) is 13.1 Å². The lowest BCUT2D eigenvalue weighted by Gasteiger charge is -2.13. The van der Waals surface area contributed by atoms with Gasteiger partial charge in [0.15, 0.2) is 0 Å². The fraction of sp³-hybridized carbons (Fsp3) is 0.455. The monoisotopic (exact) mass is 179 g/mol. The molecule has 2 nitrogen and oxygen atoms in total. The van der Waals surface area contributed by atoms with Crippen LogP contribution >= 0.6 is 0 Å². The Morgan fingerprint density at radius 3 is 2.69 bits per heavy atom. The van der Waals surface area contributed by atoms with E-state index in [9.17, 15) is 5.11 Å². The van der Waals surface area contributed by atoms with E-state index in [1.165, 1.54) is 0 Å². The van der Waals surface area contributed by atoms with Crippen molar-refractivity contribution in [2.24, 2.45) is 0 Å². The summed E-state index contributed by atoms with van der Waals surface area (Å²) >= 11 is 0. The largest absolute Gasteiger partial charge is 0.387 e. The van der Waals surface area contributed by atoms with E-state index in [1.54, 1.807) is 0 Å². The molecule has 1 aromatic rings. The molecule has 0 spiro atoms. The fourth-order valence-electron chi connectivity index (χ4n) is 1.35. The van der Waals surface area contributed by atoms with Gasteiger partial charge in [0.05, 0.1) is 6.10 Å². The van der Waals surface area contributed by atoms with Crippen LogP contribution in [0.4, 0.5) is 0 Å². The minimum Gasteiger partial charge on any atom is -0.387 e. The molecule has 1 aromatic carbocycles. The highest BCUT2D eigenvalue weighted by Gasteiger charge is 2.07. The van der Waals surface area contributed by atoms with Crippen molar-refractivity contribution < 1.29 is 5.11 Å². The third-order valence-corrected chi connectivity index (χ3v) is 2.14. The van der Waals surface area contributed by atoms with Gasteiger partial charge in [0, 0.05) is 6.54 Å². The van der Waals surface area contributed by atoms with E-state index in [-0.39, 0.29) is 6.10 Å². The first-order valence-electron chi connectivity index (χ1n) is 4.70. The molecule has 13 heavy (non-hydrogen) atoms. The maximum Gasteiger partial charge on any atom is 0.0916 e. The van der Waals surface area contributed by atoms with Gasteiger partial charge in [-0.05, 0) is 24.6 Å². The molecule has 72 valence electrons. The second-order valence-corrected chi connectivity index (χ2v) is 3.18. The van der Waals surface area contributed by atoms with E-state index < -0.39 is 0 Å². The molecule has 0 aliphatic rings. The summed E-state index contributed by atoms with van der Waals surface area (Å²) in [5.74, 6) is 0. The second kappa shape index (κ2) is 5.00. The van der Waals surface area contributed by atoms with E-state index in [4.69, 9.17) is 0 Å². The van der Waals surface area contributed by atoms with E-state index in [1.807, 2.05) is 38.1 Å². The van der Waals surface area contributed by atoms with Gasteiger partial charge < -0.3 is 10.4 Å². The van der Waals surface area contributed by atoms with Crippen molar-refractivity contribution in [3.63, 3.8) is 0 Å². The van der Waals surface area contributed by atoms with Gasteiger partial charge in [-0.15, -0.1) is 0 Å². The maximum atomic E-state index is 9.77. The van der Waals surface area contributed by atoms with Gasteiger partial charge in [0.2, 0.25) is 0 Å². The topological polar surface area (TPSA) is 32.3 Å². The third kappa shape index (κ3) is 2.83. The van der Waals surface area contributed by atoms with Crippen molar-refractivity contribution in [2.45, 2.75) is 20.0 Å². The van der Waals surface area contributed by atoms with Crippen LogP contribution in [0.25, 0.3) is 0 Å². The predicted octanol–water partition coefficient (Wildman–Crippen LogP) is 1.64. The van der Waals surface area contributed by atoms with E-state index in [0.717, 1.165) is 17.7 Å². The number of benzene rings is 1. The number of hydrogen-bond acceptors (Lipinski definition) is 2. The summed E-state index contributed by atoms with van der Waals surface area (Å²) in [6, 6.07) is 7.93. The molecule has 0 bridgehead atoms. The zero-order chi connectivity index (χ0) is 9.68. The molecule has 0 heterocycles. The molecule has 0 aromatic heterocycles. The Morgan fingerprint density at radius 1 is 1.38 bits per heavy atom. The Labute approximate surface area is 79.6 Å². The average molecular weight is 179 g/mol. The molecule has 0 saturated carbocycles. The highest BCUT2D eigenvalue weighted by Crippen LogP contribution is 2.15.